The first-order valence-electron chi connectivity index (χ1n) is 9.92. The average Bonchev–Trinajstić information content (AvgIpc) is 2.84. The molecule has 1 aromatic rings. The topological polar surface area (TPSA) is 105 Å². The Balaban J connectivity index is 2.26. The lowest BCUT2D eigenvalue weighted by Crippen LogP contribution is -2.58. The molecule has 1 N–H and O–H groups in total. The second-order valence-electron chi connectivity index (χ2n) is 6.96. The molecule has 2 rings (SSSR count). The van der Waals surface area contributed by atoms with Crippen molar-refractivity contribution >= 4 is 46.9 Å². The lowest BCUT2D eigenvalue weighted by atomic mass is 10.1. The van der Waals surface area contributed by atoms with E-state index in [4.69, 9.17) is 32.7 Å². The van der Waals surface area contributed by atoms with E-state index in [1.54, 1.807) is 6.92 Å². The Morgan fingerprint density at radius 2 is 1.94 bits per heavy atom. The number of hydrogen-bond acceptors (Lipinski definition) is 6. The number of ether oxygens (including phenoxy) is 2. The van der Waals surface area contributed by atoms with Gasteiger partial charge in [0.1, 0.15) is 18.7 Å². The van der Waals surface area contributed by atoms with E-state index in [1.807, 2.05) is 0 Å². The van der Waals surface area contributed by atoms with E-state index in [9.17, 15) is 19.2 Å². The van der Waals surface area contributed by atoms with Crippen LogP contribution in [0.1, 0.15) is 37.0 Å². The zero-order valence-electron chi connectivity index (χ0n) is 18.0. The van der Waals surface area contributed by atoms with E-state index >= 15 is 0 Å². The lowest BCUT2D eigenvalue weighted by Gasteiger charge is -2.35. The number of hydrogen-bond donors (Lipinski definition) is 1. The number of rotatable bonds is 8. The Morgan fingerprint density at radius 3 is 2.50 bits per heavy atom. The van der Waals surface area contributed by atoms with Gasteiger partial charge in [-0.25, -0.2) is 9.80 Å². The number of benzene rings is 1. The zero-order valence-corrected chi connectivity index (χ0v) is 19.5. The number of hydrazine groups is 1. The van der Waals surface area contributed by atoms with Crippen molar-refractivity contribution < 1.29 is 28.7 Å². The smallest absolute Gasteiger partial charge is 0.330 e. The molecule has 0 radical (unpaired) electrons. The minimum Gasteiger partial charge on any atom is -0.486 e. The highest BCUT2D eigenvalue weighted by Gasteiger charge is 2.40. The second kappa shape index (κ2) is 11.2. The molecule has 0 bridgehead atoms. The van der Waals surface area contributed by atoms with Gasteiger partial charge in [-0.15, -0.1) is 0 Å². The molecule has 0 spiro atoms. The molecule has 0 saturated carbocycles. The number of nitrogens with zero attached hydrogens (tertiary/aromatic N) is 2. The minimum atomic E-state index is -1.06. The van der Waals surface area contributed by atoms with Crippen LogP contribution in [0.3, 0.4) is 0 Å². The van der Waals surface area contributed by atoms with Crippen LogP contribution >= 0.6 is 23.2 Å². The maximum Gasteiger partial charge on any atom is 0.330 e. The van der Waals surface area contributed by atoms with Gasteiger partial charge in [0.05, 0.1) is 16.7 Å². The van der Waals surface area contributed by atoms with Crippen molar-refractivity contribution in [1.82, 2.24) is 15.3 Å². The molecule has 0 aliphatic carbocycles. The summed E-state index contributed by atoms with van der Waals surface area (Å²) in [4.78, 5) is 50.6. The summed E-state index contributed by atoms with van der Waals surface area (Å²) in [7, 11) is 1.39. The van der Waals surface area contributed by atoms with Crippen LogP contribution in [0.25, 0.3) is 0 Å². The predicted molar refractivity (Wildman–Crippen MR) is 118 cm³/mol. The number of halogens is 2. The fraction of sp³-hybridized carbons (Fsp3) is 0.429. The molecule has 1 aliphatic rings. The summed E-state index contributed by atoms with van der Waals surface area (Å²) in [6, 6.07) is 0.610. The Kier molecular flexibility index (Phi) is 8.91. The van der Waals surface area contributed by atoms with Gasteiger partial charge >= 0.3 is 5.97 Å². The largest absolute Gasteiger partial charge is 0.486 e. The minimum absolute atomic E-state index is 0.00489. The number of esters is 1. The van der Waals surface area contributed by atoms with Crippen LogP contribution in [0.4, 0.5) is 0 Å². The molecule has 1 fully saturated rings. The maximum atomic E-state index is 13.2. The summed E-state index contributed by atoms with van der Waals surface area (Å²) in [5, 5.41) is 4.92. The van der Waals surface area contributed by atoms with Crippen LogP contribution in [-0.2, 0) is 19.1 Å². The Bertz CT molecular complexity index is 900. The van der Waals surface area contributed by atoms with Crippen molar-refractivity contribution in [2.45, 2.75) is 38.8 Å². The Labute approximate surface area is 196 Å². The molecule has 1 aromatic carbocycles. The summed E-state index contributed by atoms with van der Waals surface area (Å²) < 4.78 is 10.4. The van der Waals surface area contributed by atoms with Crippen molar-refractivity contribution in [2.75, 3.05) is 20.3 Å². The molecule has 32 heavy (non-hydrogen) atoms. The first-order valence-corrected chi connectivity index (χ1v) is 10.7. The van der Waals surface area contributed by atoms with E-state index in [2.05, 4.69) is 11.9 Å². The standard InChI is InChI=1S/C21H25Cl2N3O6/c1-5-9-32-18-14(22)10-13(11-15(18)23)19(28)24-16-7-8-17(27)25(4)26(20(16)29)12(3)21(30)31-6-2/h5,10-12,16H,1,6-9H2,2-4H3,(H,24,28). The van der Waals surface area contributed by atoms with Crippen molar-refractivity contribution in [2.24, 2.45) is 0 Å². The summed E-state index contributed by atoms with van der Waals surface area (Å²) in [5.74, 6) is -2.07. The van der Waals surface area contributed by atoms with Gasteiger partial charge in [-0.1, -0.05) is 35.9 Å². The van der Waals surface area contributed by atoms with Crippen molar-refractivity contribution in [3.63, 3.8) is 0 Å². The molecular weight excluding hydrogens is 461 g/mol. The predicted octanol–water partition coefficient (Wildman–Crippen LogP) is 2.60. The summed E-state index contributed by atoms with van der Waals surface area (Å²) in [6.07, 6.45) is 1.57. The number of nitrogens with one attached hydrogen (secondary N) is 1. The molecular formula is C21H25Cl2N3O6. The van der Waals surface area contributed by atoms with Gasteiger partial charge in [0.25, 0.3) is 11.8 Å². The zero-order chi connectivity index (χ0) is 24.0. The quantitative estimate of drug-likeness (QED) is 0.448. The highest BCUT2D eigenvalue weighted by Crippen LogP contribution is 2.34. The third kappa shape index (κ3) is 5.72. The van der Waals surface area contributed by atoms with Gasteiger partial charge in [-0.2, -0.15) is 0 Å². The molecule has 2 unspecified atom stereocenters. The molecule has 0 aromatic heterocycles. The van der Waals surface area contributed by atoms with Gasteiger partial charge in [0.15, 0.2) is 5.75 Å². The first kappa shape index (κ1) is 25.5. The monoisotopic (exact) mass is 485 g/mol. The van der Waals surface area contributed by atoms with Crippen LogP contribution in [-0.4, -0.2) is 66.1 Å². The van der Waals surface area contributed by atoms with E-state index < -0.39 is 29.9 Å². The molecule has 11 heteroatoms. The normalized spacial score (nSPS) is 17.5. The van der Waals surface area contributed by atoms with Crippen LogP contribution in [0, 0.1) is 0 Å². The van der Waals surface area contributed by atoms with Crippen LogP contribution < -0.4 is 10.1 Å². The summed E-state index contributed by atoms with van der Waals surface area (Å²) in [6.45, 7) is 6.93. The Morgan fingerprint density at radius 1 is 1.31 bits per heavy atom. The first-order chi connectivity index (χ1) is 15.1. The van der Waals surface area contributed by atoms with Gasteiger partial charge < -0.3 is 14.8 Å². The molecule has 1 aliphatic heterocycles. The van der Waals surface area contributed by atoms with E-state index in [0.717, 1.165) is 10.0 Å². The SMILES string of the molecule is C=CCOc1c(Cl)cc(C(=O)NC2CCC(=O)N(C)N(C(C)C(=O)OCC)C2=O)cc1Cl. The van der Waals surface area contributed by atoms with E-state index in [1.165, 1.54) is 32.2 Å². The van der Waals surface area contributed by atoms with Gasteiger partial charge in [0.2, 0.25) is 5.91 Å². The average molecular weight is 486 g/mol. The lowest BCUT2D eigenvalue weighted by molar-refractivity contribution is -0.173. The Hall–Kier alpha value is -2.78. The molecule has 3 amide bonds. The van der Waals surface area contributed by atoms with Crippen LogP contribution in [0.15, 0.2) is 24.8 Å². The van der Waals surface area contributed by atoms with Crippen molar-refractivity contribution in [3.05, 3.63) is 40.4 Å². The van der Waals surface area contributed by atoms with E-state index in [-0.39, 0.29) is 53.3 Å². The van der Waals surface area contributed by atoms with Gasteiger partial charge in [0, 0.05) is 19.0 Å². The summed E-state index contributed by atoms with van der Waals surface area (Å²) in [5.41, 5.74) is 0.104. The third-order valence-electron chi connectivity index (χ3n) is 4.76. The number of amides is 3. The van der Waals surface area contributed by atoms with Crippen LogP contribution in [0.5, 0.6) is 5.75 Å². The summed E-state index contributed by atoms with van der Waals surface area (Å²) >= 11 is 12.4. The molecule has 1 saturated heterocycles. The molecule has 2 atom stereocenters. The maximum absolute atomic E-state index is 13.2. The van der Waals surface area contributed by atoms with Gasteiger partial charge in [-0.3, -0.25) is 19.4 Å². The molecule has 174 valence electrons. The fourth-order valence-corrected chi connectivity index (χ4v) is 3.74. The van der Waals surface area contributed by atoms with Gasteiger partial charge in [-0.05, 0) is 32.4 Å². The second-order valence-corrected chi connectivity index (χ2v) is 7.78. The highest BCUT2D eigenvalue weighted by atomic mass is 35.5. The number of carbonyl (C=O) groups excluding carboxylic acids is 4. The van der Waals surface area contributed by atoms with Crippen LogP contribution in [0.2, 0.25) is 10.0 Å². The fourth-order valence-electron chi connectivity index (χ4n) is 3.14. The van der Waals surface area contributed by atoms with E-state index in [0.29, 0.717) is 0 Å². The molecule has 1 heterocycles. The third-order valence-corrected chi connectivity index (χ3v) is 5.32. The molecule has 9 nitrogen and oxygen atoms in total. The number of carbonyl (C=O) groups is 4. The van der Waals surface area contributed by atoms with Crippen molar-refractivity contribution in [3.8, 4) is 5.75 Å². The highest BCUT2D eigenvalue weighted by molar-refractivity contribution is 6.37. The van der Waals surface area contributed by atoms with Crippen molar-refractivity contribution in [1.29, 1.82) is 0 Å².